The van der Waals surface area contributed by atoms with Crippen LogP contribution in [0.4, 0.5) is 11.4 Å². The Labute approximate surface area is 219 Å². The van der Waals surface area contributed by atoms with Gasteiger partial charge in [0.1, 0.15) is 0 Å². The summed E-state index contributed by atoms with van der Waals surface area (Å²) >= 11 is 1.54. The Morgan fingerprint density at radius 2 is 1.43 bits per heavy atom. The molecular formula is C30H28N2O4S. The highest BCUT2D eigenvalue weighted by molar-refractivity contribution is 8.03. The van der Waals surface area contributed by atoms with Crippen molar-refractivity contribution < 1.29 is 0 Å². The Morgan fingerprint density at radius 3 is 2.11 bits per heavy atom. The van der Waals surface area contributed by atoms with Gasteiger partial charge in [-0.05, 0) is 56.2 Å². The standard InChI is InChI=1S/C30H28N2O4S/c1-4-7-16-32-21-10-8-9-11-22(21)37-23(32)17-20-25(29(35)27(20)33)26-24(28(34)30(26)36)18-12-14-19(15-13-18)31(5-2)6-3/h8-15,17H,4-7,16H2,1-3H3/b23-17+. The third-order valence-electron chi connectivity index (χ3n) is 7.03. The van der Waals surface area contributed by atoms with Crippen LogP contribution in [0.1, 0.15) is 39.2 Å². The highest BCUT2D eigenvalue weighted by Gasteiger charge is 2.33. The van der Waals surface area contributed by atoms with Gasteiger partial charge in [0.15, 0.2) is 0 Å². The number of fused-ring (bicyclic) bond motifs is 1. The van der Waals surface area contributed by atoms with Crippen molar-refractivity contribution in [1.82, 2.24) is 0 Å². The lowest BCUT2D eigenvalue weighted by molar-refractivity contribution is 0.780. The van der Waals surface area contributed by atoms with E-state index in [9.17, 15) is 19.2 Å². The zero-order valence-electron chi connectivity index (χ0n) is 21.2. The summed E-state index contributed by atoms with van der Waals surface area (Å²) in [5, 5.41) is 0.840. The van der Waals surface area contributed by atoms with E-state index >= 15 is 0 Å². The summed E-state index contributed by atoms with van der Waals surface area (Å²) in [6.45, 7) is 8.73. The van der Waals surface area contributed by atoms with Crippen molar-refractivity contribution in [3.05, 3.63) is 100 Å². The van der Waals surface area contributed by atoms with Crippen LogP contribution in [0.15, 0.2) is 77.6 Å². The molecule has 1 heterocycles. The molecule has 0 saturated heterocycles. The lowest BCUT2D eigenvalue weighted by atomic mass is 9.84. The summed E-state index contributed by atoms with van der Waals surface area (Å²) in [4.78, 5) is 56.2. The number of unbranched alkanes of at least 4 members (excludes halogenated alkanes) is 1. The van der Waals surface area contributed by atoms with E-state index in [1.165, 1.54) is 11.8 Å². The summed E-state index contributed by atoms with van der Waals surface area (Å²) in [7, 11) is 0. The summed E-state index contributed by atoms with van der Waals surface area (Å²) in [5.41, 5.74) is 0.552. The molecule has 0 spiro atoms. The maximum absolute atomic E-state index is 12.7. The van der Waals surface area contributed by atoms with Crippen LogP contribution in [-0.4, -0.2) is 19.6 Å². The van der Waals surface area contributed by atoms with Crippen molar-refractivity contribution in [3.8, 4) is 22.3 Å². The van der Waals surface area contributed by atoms with Crippen molar-refractivity contribution in [2.24, 2.45) is 0 Å². The van der Waals surface area contributed by atoms with E-state index in [0.717, 1.165) is 53.8 Å². The van der Waals surface area contributed by atoms with Gasteiger partial charge in [-0.25, -0.2) is 0 Å². The molecule has 0 aromatic heterocycles. The van der Waals surface area contributed by atoms with Crippen LogP contribution < -0.4 is 31.5 Å². The van der Waals surface area contributed by atoms with E-state index in [1.54, 1.807) is 18.2 Å². The molecule has 0 radical (unpaired) electrons. The van der Waals surface area contributed by atoms with E-state index in [1.807, 2.05) is 36.4 Å². The molecule has 1 aliphatic heterocycles. The Balaban J connectivity index is 1.56. The van der Waals surface area contributed by atoms with Gasteiger partial charge in [0, 0.05) is 46.9 Å². The first-order chi connectivity index (χ1) is 17.9. The SMILES string of the molecule is CCCCN1/C(=C\c2c(-c3c(-c4ccc(N(CC)CC)cc4)c(=O)c3=O)c(=O)c2=O)Sc2ccccc21. The second-order valence-corrected chi connectivity index (χ2v) is 10.2. The highest BCUT2D eigenvalue weighted by atomic mass is 32.2. The molecule has 4 aromatic carbocycles. The topological polar surface area (TPSA) is 74.8 Å². The second kappa shape index (κ2) is 9.98. The first kappa shape index (κ1) is 25.0. The molecule has 0 unspecified atom stereocenters. The van der Waals surface area contributed by atoms with Crippen LogP contribution in [0.3, 0.4) is 0 Å². The predicted molar refractivity (Wildman–Crippen MR) is 153 cm³/mol. The molecule has 4 aromatic rings. The van der Waals surface area contributed by atoms with Gasteiger partial charge in [-0.15, -0.1) is 0 Å². The van der Waals surface area contributed by atoms with Crippen molar-refractivity contribution in [3.63, 3.8) is 0 Å². The number of thioether (sulfide) groups is 1. The normalized spacial score (nSPS) is 14.1. The first-order valence-electron chi connectivity index (χ1n) is 12.7. The number of hydrogen-bond acceptors (Lipinski definition) is 7. The molecule has 0 aliphatic carbocycles. The molecule has 0 N–H and O–H groups in total. The molecule has 1 aliphatic rings. The van der Waals surface area contributed by atoms with Crippen LogP contribution in [0, 0.1) is 0 Å². The molecule has 0 amide bonds. The molecule has 37 heavy (non-hydrogen) atoms. The number of anilines is 2. The third-order valence-corrected chi connectivity index (χ3v) is 8.14. The summed E-state index contributed by atoms with van der Waals surface area (Å²) in [6, 6.07) is 15.4. The Hall–Kier alpha value is -3.71. The largest absolute Gasteiger partial charge is 0.372 e. The maximum Gasteiger partial charge on any atom is 0.235 e. The minimum Gasteiger partial charge on any atom is -0.372 e. The van der Waals surface area contributed by atoms with E-state index in [-0.39, 0.29) is 22.3 Å². The van der Waals surface area contributed by atoms with Gasteiger partial charge in [0.2, 0.25) is 21.7 Å². The summed E-state index contributed by atoms with van der Waals surface area (Å²) in [6.07, 6.45) is 3.70. The van der Waals surface area contributed by atoms with E-state index in [2.05, 4.69) is 30.6 Å². The van der Waals surface area contributed by atoms with Crippen LogP contribution in [0.5, 0.6) is 0 Å². The van der Waals surface area contributed by atoms with E-state index in [0.29, 0.717) is 5.56 Å². The minimum atomic E-state index is -0.709. The predicted octanol–water partition coefficient (Wildman–Crippen LogP) is 4.77. The molecule has 0 fully saturated rings. The van der Waals surface area contributed by atoms with Gasteiger partial charge in [-0.1, -0.05) is 49.4 Å². The molecule has 188 valence electrons. The van der Waals surface area contributed by atoms with Crippen LogP contribution in [0.2, 0.25) is 0 Å². The van der Waals surface area contributed by atoms with Gasteiger partial charge in [-0.2, -0.15) is 0 Å². The fraction of sp³-hybridized carbons (Fsp3) is 0.267. The number of benzene rings is 2. The van der Waals surface area contributed by atoms with Gasteiger partial charge < -0.3 is 9.80 Å². The van der Waals surface area contributed by atoms with Crippen LogP contribution in [0.25, 0.3) is 28.3 Å². The van der Waals surface area contributed by atoms with Crippen molar-refractivity contribution in [2.45, 2.75) is 38.5 Å². The summed E-state index contributed by atoms with van der Waals surface area (Å²) < 4.78 is 0. The number of hydrogen-bond donors (Lipinski definition) is 0. The lowest BCUT2D eigenvalue weighted by Crippen LogP contribution is -2.43. The van der Waals surface area contributed by atoms with Crippen molar-refractivity contribution in [1.29, 1.82) is 0 Å². The maximum atomic E-state index is 12.7. The average molecular weight is 513 g/mol. The van der Waals surface area contributed by atoms with E-state index in [4.69, 9.17) is 0 Å². The quantitative estimate of drug-likeness (QED) is 0.299. The fourth-order valence-corrected chi connectivity index (χ4v) is 6.09. The van der Waals surface area contributed by atoms with Gasteiger partial charge in [0.25, 0.3) is 0 Å². The lowest BCUT2D eigenvalue weighted by Gasteiger charge is -2.22. The minimum absolute atomic E-state index is 0.0666. The molecular weight excluding hydrogens is 484 g/mol. The van der Waals surface area contributed by atoms with Crippen LogP contribution >= 0.6 is 11.8 Å². The third kappa shape index (κ3) is 4.07. The van der Waals surface area contributed by atoms with Crippen LogP contribution in [-0.2, 0) is 0 Å². The average Bonchev–Trinajstić information content (AvgIpc) is 3.28. The molecule has 5 rings (SSSR count). The number of rotatable bonds is 9. The smallest absolute Gasteiger partial charge is 0.235 e. The zero-order chi connectivity index (χ0) is 26.3. The molecule has 0 atom stereocenters. The second-order valence-electron chi connectivity index (χ2n) is 9.13. The van der Waals surface area contributed by atoms with Crippen molar-refractivity contribution in [2.75, 3.05) is 29.4 Å². The molecule has 7 heteroatoms. The molecule has 0 saturated carbocycles. The van der Waals surface area contributed by atoms with Gasteiger partial charge >= 0.3 is 0 Å². The van der Waals surface area contributed by atoms with Gasteiger partial charge in [0.05, 0.1) is 16.3 Å². The Bertz CT molecular complexity index is 1650. The number of nitrogens with zero attached hydrogens (tertiary/aromatic N) is 2. The van der Waals surface area contributed by atoms with Gasteiger partial charge in [-0.3, -0.25) is 19.2 Å². The monoisotopic (exact) mass is 512 g/mol. The Morgan fingerprint density at radius 1 is 0.784 bits per heavy atom. The molecule has 0 bridgehead atoms. The zero-order valence-corrected chi connectivity index (χ0v) is 22.0. The first-order valence-corrected chi connectivity index (χ1v) is 13.5. The van der Waals surface area contributed by atoms with Crippen molar-refractivity contribution >= 4 is 29.2 Å². The molecule has 6 nitrogen and oxygen atoms in total. The number of para-hydroxylation sites is 1. The Kier molecular flexibility index (Phi) is 6.73. The fourth-order valence-electron chi connectivity index (χ4n) is 4.96. The highest BCUT2D eigenvalue weighted by Crippen LogP contribution is 2.47. The van der Waals surface area contributed by atoms with E-state index < -0.39 is 21.7 Å². The summed E-state index contributed by atoms with van der Waals surface area (Å²) in [5.74, 6) is 0.